The fraction of sp³-hybridized carbons (Fsp3) is 0.667. The number of fused-ring (bicyclic) bond motifs is 1. The Morgan fingerprint density at radius 2 is 2.11 bits per heavy atom. The number of carbonyl (C=O) groups excluding carboxylic acids is 2. The third-order valence-electron chi connectivity index (χ3n) is 5.30. The number of β-lactam (4-membered cyclic amide) rings is 1. The van der Waals surface area contributed by atoms with Gasteiger partial charge >= 0.3 is 5.97 Å². The Bertz CT molecular complexity index is 763. The van der Waals surface area contributed by atoms with E-state index in [1.165, 1.54) is 16.7 Å². The molecule has 0 aromatic heterocycles. The molecule has 5 atom stereocenters. The van der Waals surface area contributed by atoms with E-state index in [1.54, 1.807) is 6.92 Å². The highest BCUT2D eigenvalue weighted by molar-refractivity contribution is 8.04. The minimum absolute atomic E-state index is 0.00327. The average molecular weight is 410 g/mol. The van der Waals surface area contributed by atoms with Crippen molar-refractivity contribution in [1.82, 2.24) is 15.1 Å². The number of nitrogens with one attached hydrogen (secondary N) is 1. The van der Waals surface area contributed by atoms with Crippen LogP contribution in [0.1, 0.15) is 26.7 Å². The molecule has 0 spiro atoms. The predicted molar refractivity (Wildman–Crippen MR) is 105 cm³/mol. The molecule has 9 nitrogen and oxygen atoms in total. The highest BCUT2D eigenvalue weighted by Crippen LogP contribution is 2.49. The molecule has 3 aliphatic heterocycles. The summed E-state index contributed by atoms with van der Waals surface area (Å²) in [4.78, 5) is 44.7. The van der Waals surface area contributed by atoms with E-state index >= 15 is 0 Å². The normalized spacial score (nSPS) is 30.0. The van der Waals surface area contributed by atoms with E-state index in [-0.39, 0.29) is 28.8 Å². The fourth-order valence-corrected chi connectivity index (χ4v) is 5.64. The average Bonchev–Trinajstić information content (AvgIpc) is 3.15. The van der Waals surface area contributed by atoms with Crippen molar-refractivity contribution in [2.75, 3.05) is 20.6 Å². The van der Waals surface area contributed by atoms with Gasteiger partial charge in [0, 0.05) is 32.0 Å². The van der Waals surface area contributed by atoms with E-state index in [9.17, 15) is 24.6 Å². The standard InChI is InChI=1S/C18H26N4O5S/c1-5-19-16(24)9-6-12(15(20-9)21(3)4)28-11-7-10-13(8(2)23)17(25)22(10)14(11)18(26)27/h8-10,12-13,23H,5-7H2,1-4H3,(H,19,24)(H,26,27)/t8-,9+,10-,12?,13-/m1/s1. The van der Waals surface area contributed by atoms with E-state index in [0.29, 0.717) is 24.3 Å². The quantitative estimate of drug-likeness (QED) is 0.521. The van der Waals surface area contributed by atoms with Gasteiger partial charge in [0.05, 0.1) is 23.3 Å². The van der Waals surface area contributed by atoms with E-state index in [2.05, 4.69) is 10.3 Å². The van der Waals surface area contributed by atoms with Gasteiger partial charge in [0.25, 0.3) is 0 Å². The molecule has 0 radical (unpaired) electrons. The zero-order chi connectivity index (χ0) is 20.7. The van der Waals surface area contributed by atoms with Crippen LogP contribution in [0.5, 0.6) is 0 Å². The lowest BCUT2D eigenvalue weighted by atomic mass is 9.83. The Morgan fingerprint density at radius 1 is 1.43 bits per heavy atom. The van der Waals surface area contributed by atoms with Gasteiger partial charge in [-0.15, -0.1) is 11.8 Å². The van der Waals surface area contributed by atoms with Crippen LogP contribution >= 0.6 is 11.8 Å². The lowest BCUT2D eigenvalue weighted by Gasteiger charge is -2.44. The lowest BCUT2D eigenvalue weighted by Crippen LogP contribution is -2.61. The van der Waals surface area contributed by atoms with Crippen LogP contribution in [0.2, 0.25) is 0 Å². The second-order valence-electron chi connectivity index (χ2n) is 7.46. The molecule has 10 heteroatoms. The first-order valence-electron chi connectivity index (χ1n) is 9.34. The van der Waals surface area contributed by atoms with Crippen LogP contribution in [-0.4, -0.2) is 87.7 Å². The highest BCUT2D eigenvalue weighted by atomic mass is 32.2. The molecule has 154 valence electrons. The molecular formula is C18H26N4O5S. The maximum Gasteiger partial charge on any atom is 0.353 e. The summed E-state index contributed by atoms with van der Waals surface area (Å²) in [6.07, 6.45) is 0.0517. The second-order valence-corrected chi connectivity index (χ2v) is 8.75. The van der Waals surface area contributed by atoms with E-state index in [0.717, 1.165) is 5.84 Å². The molecule has 1 saturated heterocycles. The molecule has 1 unspecified atom stereocenters. The van der Waals surface area contributed by atoms with Crippen molar-refractivity contribution in [3.8, 4) is 0 Å². The SMILES string of the molecule is CCNC(=O)[C@@H]1CC(SC2=C(C(=O)O)N3C(=O)[C@H]([C@@H](C)O)[C@H]3C2)C(N(C)C)=N1. The van der Waals surface area contributed by atoms with Crippen molar-refractivity contribution in [2.45, 2.75) is 50.1 Å². The molecule has 28 heavy (non-hydrogen) atoms. The molecule has 3 heterocycles. The van der Waals surface area contributed by atoms with Crippen molar-refractivity contribution < 1.29 is 24.6 Å². The van der Waals surface area contributed by atoms with Crippen LogP contribution in [0.25, 0.3) is 0 Å². The molecule has 3 rings (SSSR count). The predicted octanol–water partition coefficient (Wildman–Crippen LogP) is -0.136. The van der Waals surface area contributed by atoms with Crippen LogP contribution in [0, 0.1) is 5.92 Å². The molecule has 1 fully saturated rings. The number of carboxylic acid groups (broad SMARTS) is 1. The Kier molecular flexibility index (Phi) is 5.72. The monoisotopic (exact) mass is 410 g/mol. The Labute approximate surface area is 167 Å². The number of aliphatic carboxylic acids is 1. The molecule has 0 bridgehead atoms. The number of aliphatic hydroxyl groups is 1. The first-order valence-corrected chi connectivity index (χ1v) is 10.2. The van der Waals surface area contributed by atoms with Gasteiger partial charge in [0.2, 0.25) is 11.8 Å². The number of amidine groups is 1. The summed E-state index contributed by atoms with van der Waals surface area (Å²) in [5.74, 6) is -1.48. The third kappa shape index (κ3) is 3.39. The molecular weight excluding hydrogens is 384 g/mol. The van der Waals surface area contributed by atoms with Gasteiger partial charge in [-0.2, -0.15) is 0 Å². The Morgan fingerprint density at radius 3 is 2.64 bits per heavy atom. The number of aliphatic hydroxyl groups excluding tert-OH is 1. The van der Waals surface area contributed by atoms with Crippen molar-refractivity contribution >= 4 is 35.4 Å². The summed E-state index contributed by atoms with van der Waals surface area (Å²) < 4.78 is 0. The Hall–Kier alpha value is -2.07. The maximum atomic E-state index is 12.3. The van der Waals surface area contributed by atoms with E-state index in [1.807, 2.05) is 25.9 Å². The molecule has 3 N–H and O–H groups in total. The Balaban J connectivity index is 1.82. The molecule has 3 aliphatic rings. The fourth-order valence-electron chi connectivity index (χ4n) is 4.07. The van der Waals surface area contributed by atoms with Crippen molar-refractivity contribution in [2.24, 2.45) is 10.9 Å². The zero-order valence-corrected chi connectivity index (χ0v) is 17.2. The highest BCUT2D eigenvalue weighted by Gasteiger charge is 2.57. The molecule has 2 amide bonds. The number of likely N-dealkylation sites (N-methyl/N-ethyl adjacent to an activating group) is 1. The molecule has 0 aromatic rings. The second kappa shape index (κ2) is 7.75. The minimum atomic E-state index is -1.15. The summed E-state index contributed by atoms with van der Waals surface area (Å²) in [7, 11) is 3.68. The topological polar surface area (TPSA) is 123 Å². The lowest BCUT2D eigenvalue weighted by molar-refractivity contribution is -0.161. The number of carbonyl (C=O) groups is 3. The van der Waals surface area contributed by atoms with Gasteiger partial charge in [-0.25, -0.2) is 4.79 Å². The number of hydrogen-bond donors (Lipinski definition) is 3. The van der Waals surface area contributed by atoms with Gasteiger partial charge in [0.15, 0.2) is 0 Å². The van der Waals surface area contributed by atoms with Crippen molar-refractivity contribution in [1.29, 1.82) is 0 Å². The van der Waals surface area contributed by atoms with E-state index < -0.39 is 24.0 Å². The molecule has 0 aliphatic carbocycles. The van der Waals surface area contributed by atoms with Gasteiger partial charge in [-0.3, -0.25) is 14.6 Å². The summed E-state index contributed by atoms with van der Waals surface area (Å²) in [6.45, 7) is 3.92. The molecule has 0 aromatic carbocycles. The van der Waals surface area contributed by atoms with Crippen molar-refractivity contribution in [3.63, 3.8) is 0 Å². The number of nitrogens with zero attached hydrogens (tertiary/aromatic N) is 3. The van der Waals surface area contributed by atoms with Crippen LogP contribution in [-0.2, 0) is 14.4 Å². The summed E-state index contributed by atoms with van der Waals surface area (Å²) in [5, 5.41) is 22.1. The van der Waals surface area contributed by atoms with E-state index in [4.69, 9.17) is 0 Å². The smallest absolute Gasteiger partial charge is 0.353 e. The third-order valence-corrected chi connectivity index (χ3v) is 6.63. The van der Waals surface area contributed by atoms with Gasteiger partial charge in [-0.1, -0.05) is 0 Å². The van der Waals surface area contributed by atoms with Gasteiger partial charge in [0.1, 0.15) is 17.6 Å². The number of thioether (sulfide) groups is 1. The number of rotatable bonds is 6. The van der Waals surface area contributed by atoms with Gasteiger partial charge in [-0.05, 0) is 20.3 Å². The van der Waals surface area contributed by atoms with Crippen molar-refractivity contribution in [3.05, 3.63) is 10.6 Å². The zero-order valence-electron chi connectivity index (χ0n) is 16.4. The maximum absolute atomic E-state index is 12.3. The largest absolute Gasteiger partial charge is 0.477 e. The van der Waals surface area contributed by atoms with Gasteiger partial charge < -0.3 is 25.3 Å². The van der Waals surface area contributed by atoms with Crippen LogP contribution in [0.4, 0.5) is 0 Å². The summed E-state index contributed by atoms with van der Waals surface area (Å²) >= 11 is 1.36. The first-order chi connectivity index (χ1) is 13.2. The first kappa shape index (κ1) is 20.7. The summed E-state index contributed by atoms with van der Waals surface area (Å²) in [5.41, 5.74) is -0.00327. The minimum Gasteiger partial charge on any atom is -0.477 e. The number of amides is 2. The van der Waals surface area contributed by atoms with Crippen LogP contribution in [0.15, 0.2) is 15.6 Å². The number of carboxylic acids is 1. The molecule has 0 saturated carbocycles. The van der Waals surface area contributed by atoms with Crippen LogP contribution in [0.3, 0.4) is 0 Å². The number of hydrogen-bond acceptors (Lipinski definition) is 7. The van der Waals surface area contributed by atoms with Crippen LogP contribution < -0.4 is 5.32 Å². The number of aliphatic imine (C=N–C) groups is 1. The summed E-state index contributed by atoms with van der Waals surface area (Å²) in [6, 6.07) is -0.824.